The molecule has 1 aliphatic carbocycles. The van der Waals surface area contributed by atoms with Gasteiger partial charge in [-0.1, -0.05) is 33.6 Å². The van der Waals surface area contributed by atoms with Gasteiger partial charge in [0.1, 0.15) is 6.29 Å². The number of thioether (sulfide) groups is 1. The maximum atomic E-state index is 11.7. The Morgan fingerprint density at radius 1 is 1.32 bits per heavy atom. The van der Waals surface area contributed by atoms with Crippen molar-refractivity contribution in [2.75, 3.05) is 25.4 Å². The lowest BCUT2D eigenvalue weighted by molar-refractivity contribution is -0.120. The van der Waals surface area contributed by atoms with E-state index in [0.717, 1.165) is 38.4 Å². The van der Waals surface area contributed by atoms with Crippen molar-refractivity contribution in [2.24, 2.45) is 11.3 Å². The molecule has 2 rings (SSSR count). The molecule has 0 aromatic rings. The summed E-state index contributed by atoms with van der Waals surface area (Å²) in [5, 5.41) is 0. The molecular weight excluding hydrogens is 254 g/mol. The van der Waals surface area contributed by atoms with Crippen molar-refractivity contribution < 1.29 is 4.79 Å². The van der Waals surface area contributed by atoms with E-state index in [9.17, 15) is 4.79 Å². The summed E-state index contributed by atoms with van der Waals surface area (Å²) >= 11 is 2.08. The molecule has 0 N–H and O–H groups in total. The summed E-state index contributed by atoms with van der Waals surface area (Å²) in [6, 6.07) is 0. The number of carbonyl (C=O) groups excluding carboxylic acids is 1. The van der Waals surface area contributed by atoms with E-state index in [1.54, 1.807) is 0 Å². The fraction of sp³-hybridized carbons (Fsp3) is 0.938. The van der Waals surface area contributed by atoms with Crippen LogP contribution >= 0.6 is 11.8 Å². The van der Waals surface area contributed by atoms with Gasteiger partial charge in [-0.05, 0) is 31.7 Å². The second kappa shape index (κ2) is 6.17. The molecule has 1 saturated carbocycles. The number of hydrogen-bond donors (Lipinski definition) is 0. The van der Waals surface area contributed by atoms with E-state index in [4.69, 9.17) is 0 Å². The van der Waals surface area contributed by atoms with Gasteiger partial charge in [-0.25, -0.2) is 0 Å². The standard InChI is InChI=1S/C16H29NOS/c1-14-5-4-6-16(11-14,13-18)12-17-8-7-15(2,3)19-10-9-17/h13-14H,4-12H2,1-3H3. The SMILES string of the molecule is CC1CCCC(C=O)(CN2CCSC(C)(C)CC2)C1. The van der Waals surface area contributed by atoms with Crippen LogP contribution in [0.3, 0.4) is 0 Å². The van der Waals surface area contributed by atoms with Gasteiger partial charge in [-0.3, -0.25) is 0 Å². The summed E-state index contributed by atoms with van der Waals surface area (Å²) in [5.74, 6) is 1.93. The van der Waals surface area contributed by atoms with Gasteiger partial charge >= 0.3 is 0 Å². The lowest BCUT2D eigenvalue weighted by atomic mass is 9.70. The van der Waals surface area contributed by atoms with Gasteiger partial charge in [0, 0.05) is 29.0 Å². The second-order valence-electron chi connectivity index (χ2n) is 7.32. The summed E-state index contributed by atoms with van der Waals surface area (Å²) < 4.78 is 0.406. The first-order valence-corrected chi connectivity index (χ1v) is 8.76. The van der Waals surface area contributed by atoms with Crippen LogP contribution in [0, 0.1) is 11.3 Å². The normalized spacial score (nSPS) is 36.7. The molecule has 2 aliphatic rings. The highest BCUT2D eigenvalue weighted by Crippen LogP contribution is 2.39. The quantitative estimate of drug-likeness (QED) is 0.738. The first kappa shape index (κ1) is 15.4. The van der Waals surface area contributed by atoms with E-state index < -0.39 is 0 Å². The molecule has 0 aromatic heterocycles. The molecule has 2 atom stereocenters. The van der Waals surface area contributed by atoms with Gasteiger partial charge < -0.3 is 9.69 Å². The highest BCUT2D eigenvalue weighted by atomic mass is 32.2. The van der Waals surface area contributed by atoms with Crippen LogP contribution in [0.15, 0.2) is 0 Å². The Morgan fingerprint density at radius 2 is 2.11 bits per heavy atom. The highest BCUT2D eigenvalue weighted by Gasteiger charge is 2.37. The van der Waals surface area contributed by atoms with Crippen molar-refractivity contribution in [1.29, 1.82) is 0 Å². The topological polar surface area (TPSA) is 20.3 Å². The first-order valence-electron chi connectivity index (χ1n) is 7.77. The maximum absolute atomic E-state index is 11.7. The van der Waals surface area contributed by atoms with Crippen molar-refractivity contribution in [2.45, 2.75) is 57.6 Å². The molecule has 2 unspecified atom stereocenters. The summed E-state index contributed by atoms with van der Waals surface area (Å²) in [4.78, 5) is 14.2. The van der Waals surface area contributed by atoms with Gasteiger partial charge in [-0.15, -0.1) is 0 Å². The predicted molar refractivity (Wildman–Crippen MR) is 83.7 cm³/mol. The summed E-state index contributed by atoms with van der Waals surface area (Å²) in [6.07, 6.45) is 7.26. The molecule has 110 valence electrons. The molecule has 0 bridgehead atoms. The number of aldehydes is 1. The Labute approximate surface area is 122 Å². The van der Waals surface area contributed by atoms with Crippen LogP contribution in [-0.4, -0.2) is 41.3 Å². The Bertz CT molecular complexity index is 318. The summed E-state index contributed by atoms with van der Waals surface area (Å²) in [5.41, 5.74) is -0.0448. The smallest absolute Gasteiger partial charge is 0.127 e. The van der Waals surface area contributed by atoms with Gasteiger partial charge in [0.2, 0.25) is 0 Å². The molecule has 3 heteroatoms. The zero-order valence-electron chi connectivity index (χ0n) is 12.8. The zero-order chi connectivity index (χ0) is 13.9. The molecular formula is C16H29NOS. The minimum absolute atomic E-state index is 0.0448. The lowest BCUT2D eigenvalue weighted by Crippen LogP contribution is -2.42. The molecule has 0 aromatic carbocycles. The van der Waals surface area contributed by atoms with Crippen molar-refractivity contribution in [3.63, 3.8) is 0 Å². The van der Waals surface area contributed by atoms with Gasteiger partial charge in [0.25, 0.3) is 0 Å². The average molecular weight is 283 g/mol. The Hall–Kier alpha value is -0.0200. The summed E-state index contributed by atoms with van der Waals surface area (Å²) in [7, 11) is 0. The minimum Gasteiger partial charge on any atom is -0.303 e. The fourth-order valence-electron chi connectivity index (χ4n) is 3.65. The molecule has 0 spiro atoms. The van der Waals surface area contributed by atoms with Crippen molar-refractivity contribution in [3.8, 4) is 0 Å². The molecule has 19 heavy (non-hydrogen) atoms. The first-order chi connectivity index (χ1) is 8.95. The van der Waals surface area contributed by atoms with Crippen LogP contribution in [0.2, 0.25) is 0 Å². The van der Waals surface area contributed by atoms with E-state index in [1.807, 2.05) is 0 Å². The van der Waals surface area contributed by atoms with Crippen molar-refractivity contribution in [1.82, 2.24) is 4.90 Å². The average Bonchev–Trinajstić information content (AvgIpc) is 2.51. The number of hydrogen-bond acceptors (Lipinski definition) is 3. The van der Waals surface area contributed by atoms with Crippen LogP contribution in [0.25, 0.3) is 0 Å². The minimum atomic E-state index is -0.0448. The fourth-order valence-corrected chi connectivity index (χ4v) is 4.79. The van der Waals surface area contributed by atoms with Gasteiger partial charge in [0.15, 0.2) is 0 Å². The van der Waals surface area contributed by atoms with Gasteiger partial charge in [-0.2, -0.15) is 11.8 Å². The molecule has 0 radical (unpaired) electrons. The Morgan fingerprint density at radius 3 is 2.79 bits per heavy atom. The van der Waals surface area contributed by atoms with E-state index in [2.05, 4.69) is 37.4 Å². The molecule has 0 amide bonds. The van der Waals surface area contributed by atoms with E-state index in [1.165, 1.54) is 31.3 Å². The molecule has 1 aliphatic heterocycles. The second-order valence-corrected chi connectivity index (χ2v) is 9.12. The van der Waals surface area contributed by atoms with Crippen LogP contribution in [0.4, 0.5) is 0 Å². The zero-order valence-corrected chi connectivity index (χ0v) is 13.6. The number of nitrogens with zero attached hydrogens (tertiary/aromatic N) is 1. The summed E-state index contributed by atoms with van der Waals surface area (Å²) in [6.45, 7) is 10.3. The van der Waals surface area contributed by atoms with Crippen LogP contribution in [0.5, 0.6) is 0 Å². The molecule has 1 heterocycles. The Balaban J connectivity index is 1.96. The van der Waals surface area contributed by atoms with Crippen LogP contribution < -0.4 is 0 Å². The van der Waals surface area contributed by atoms with E-state index in [0.29, 0.717) is 4.75 Å². The Kier molecular flexibility index (Phi) is 4.99. The molecule has 2 nitrogen and oxygen atoms in total. The van der Waals surface area contributed by atoms with Crippen LogP contribution in [-0.2, 0) is 4.79 Å². The lowest BCUT2D eigenvalue weighted by Gasteiger charge is -2.39. The maximum Gasteiger partial charge on any atom is 0.127 e. The van der Waals surface area contributed by atoms with E-state index in [-0.39, 0.29) is 5.41 Å². The third kappa shape index (κ3) is 4.22. The van der Waals surface area contributed by atoms with Crippen molar-refractivity contribution in [3.05, 3.63) is 0 Å². The van der Waals surface area contributed by atoms with E-state index >= 15 is 0 Å². The monoisotopic (exact) mass is 283 g/mol. The number of rotatable bonds is 3. The molecule has 1 saturated heterocycles. The third-order valence-corrected chi connectivity index (χ3v) is 6.22. The van der Waals surface area contributed by atoms with Gasteiger partial charge in [0.05, 0.1) is 0 Å². The predicted octanol–water partition coefficient (Wildman–Crippen LogP) is 3.60. The number of carbonyl (C=O) groups is 1. The largest absolute Gasteiger partial charge is 0.303 e. The van der Waals surface area contributed by atoms with Crippen molar-refractivity contribution >= 4 is 18.0 Å². The highest BCUT2D eigenvalue weighted by molar-refractivity contribution is 8.00. The third-order valence-electron chi connectivity index (χ3n) is 4.85. The molecule has 2 fully saturated rings. The van der Waals surface area contributed by atoms with Crippen LogP contribution in [0.1, 0.15) is 52.9 Å².